The lowest BCUT2D eigenvalue weighted by atomic mass is 9.75. The summed E-state index contributed by atoms with van der Waals surface area (Å²) in [7, 11) is 0. The van der Waals surface area contributed by atoms with Crippen LogP contribution in [0.3, 0.4) is 0 Å². The Bertz CT molecular complexity index is 527. The lowest BCUT2D eigenvalue weighted by Gasteiger charge is -2.37. The molecule has 1 aliphatic rings. The molecule has 0 aromatic heterocycles. The molecule has 3 N–H and O–H groups in total. The summed E-state index contributed by atoms with van der Waals surface area (Å²) in [6.07, 6.45) is -1.81. The van der Waals surface area contributed by atoms with E-state index in [9.17, 15) is 18.0 Å². The van der Waals surface area contributed by atoms with Crippen molar-refractivity contribution in [2.24, 2.45) is 5.73 Å². The third kappa shape index (κ3) is 3.52. The quantitative estimate of drug-likeness (QED) is 0.873. The molecule has 2 rings (SSSR count). The Hall–Kier alpha value is -1.08. The Morgan fingerprint density at radius 2 is 2.05 bits per heavy atom. The first-order chi connectivity index (χ1) is 9.20. The van der Waals surface area contributed by atoms with Gasteiger partial charge in [0.15, 0.2) is 0 Å². The number of halogens is 4. The van der Waals surface area contributed by atoms with Gasteiger partial charge in [0.05, 0.1) is 5.56 Å². The normalized spacial score (nSPS) is 17.4. The van der Waals surface area contributed by atoms with Crippen LogP contribution in [0.2, 0.25) is 0 Å². The lowest BCUT2D eigenvalue weighted by Crippen LogP contribution is -2.48. The van der Waals surface area contributed by atoms with Gasteiger partial charge in [0.2, 0.25) is 5.91 Å². The van der Waals surface area contributed by atoms with Gasteiger partial charge in [0, 0.05) is 22.1 Å². The van der Waals surface area contributed by atoms with Gasteiger partial charge in [0.1, 0.15) is 0 Å². The molecule has 0 atom stereocenters. The van der Waals surface area contributed by atoms with Gasteiger partial charge in [-0.2, -0.15) is 13.2 Å². The third-order valence-electron chi connectivity index (χ3n) is 3.42. The van der Waals surface area contributed by atoms with Gasteiger partial charge in [-0.05, 0) is 37.5 Å². The van der Waals surface area contributed by atoms with Crippen molar-refractivity contribution in [2.45, 2.75) is 37.4 Å². The molecule has 0 aliphatic heterocycles. The predicted octanol–water partition coefficient (Wildman–Crippen LogP) is 3.68. The highest BCUT2D eigenvalue weighted by Gasteiger charge is 2.35. The lowest BCUT2D eigenvalue weighted by molar-refractivity contribution is -0.138. The predicted molar refractivity (Wildman–Crippen MR) is 73.2 cm³/mol. The average Bonchev–Trinajstić information content (AvgIpc) is 2.28. The number of nitrogens with two attached hydrogens (primary N) is 1. The van der Waals surface area contributed by atoms with Crippen molar-refractivity contribution in [2.75, 3.05) is 5.32 Å². The molecule has 1 aromatic rings. The summed E-state index contributed by atoms with van der Waals surface area (Å²) in [6.45, 7) is 0. The van der Waals surface area contributed by atoms with E-state index < -0.39 is 17.3 Å². The van der Waals surface area contributed by atoms with Gasteiger partial charge in [-0.15, -0.1) is 0 Å². The van der Waals surface area contributed by atoms with Crippen LogP contribution in [0.15, 0.2) is 22.7 Å². The summed E-state index contributed by atoms with van der Waals surface area (Å²) in [5.41, 5.74) is 4.74. The van der Waals surface area contributed by atoms with Gasteiger partial charge in [-0.3, -0.25) is 4.79 Å². The van der Waals surface area contributed by atoms with Crippen LogP contribution >= 0.6 is 15.9 Å². The van der Waals surface area contributed by atoms with Gasteiger partial charge in [-0.1, -0.05) is 15.9 Å². The van der Waals surface area contributed by atoms with E-state index in [4.69, 9.17) is 5.73 Å². The second kappa shape index (κ2) is 5.37. The van der Waals surface area contributed by atoms with Gasteiger partial charge >= 0.3 is 6.18 Å². The number of carbonyl (C=O) groups excluding carboxylic acids is 1. The molecule has 1 saturated carbocycles. The van der Waals surface area contributed by atoms with Gasteiger partial charge in [0.25, 0.3) is 0 Å². The molecule has 0 radical (unpaired) electrons. The molecule has 1 aromatic carbocycles. The van der Waals surface area contributed by atoms with Crippen LogP contribution in [0.4, 0.5) is 18.9 Å². The fraction of sp³-hybridized carbons (Fsp3) is 0.462. The first kappa shape index (κ1) is 15.3. The number of carbonyl (C=O) groups is 1. The van der Waals surface area contributed by atoms with Crippen LogP contribution in [0, 0.1) is 0 Å². The van der Waals surface area contributed by atoms with Crippen LogP contribution in [-0.2, 0) is 11.0 Å². The SMILES string of the molecule is NC1(CC(=O)Nc2ccc(Br)c(C(F)(F)F)c2)CCC1. The van der Waals surface area contributed by atoms with E-state index in [2.05, 4.69) is 21.2 Å². The minimum Gasteiger partial charge on any atom is -0.326 e. The van der Waals surface area contributed by atoms with Crippen LogP contribution in [0.5, 0.6) is 0 Å². The number of amides is 1. The average molecular weight is 351 g/mol. The molecular formula is C13H14BrF3N2O. The van der Waals surface area contributed by atoms with E-state index in [-0.39, 0.29) is 22.5 Å². The molecule has 3 nitrogen and oxygen atoms in total. The second-order valence-electron chi connectivity index (χ2n) is 5.13. The number of alkyl halides is 3. The summed E-state index contributed by atoms with van der Waals surface area (Å²) < 4.78 is 38.2. The first-order valence-corrected chi connectivity index (χ1v) is 6.94. The van der Waals surface area contributed by atoms with Crippen LogP contribution < -0.4 is 11.1 Å². The van der Waals surface area contributed by atoms with Crippen molar-refractivity contribution < 1.29 is 18.0 Å². The van der Waals surface area contributed by atoms with E-state index in [0.717, 1.165) is 25.3 Å². The molecule has 1 fully saturated rings. The van der Waals surface area contributed by atoms with E-state index in [1.807, 2.05) is 0 Å². The zero-order valence-corrected chi connectivity index (χ0v) is 12.1. The summed E-state index contributed by atoms with van der Waals surface area (Å²) in [6, 6.07) is 3.59. The fourth-order valence-corrected chi connectivity index (χ4v) is 2.62. The van der Waals surface area contributed by atoms with Crippen LogP contribution in [0.25, 0.3) is 0 Å². The Labute approximate surface area is 122 Å². The molecule has 0 unspecified atom stereocenters. The van der Waals surface area contributed by atoms with Crippen molar-refractivity contribution >= 4 is 27.5 Å². The minimum absolute atomic E-state index is 0.0581. The summed E-state index contributed by atoms with van der Waals surface area (Å²) in [5, 5.41) is 2.47. The maximum Gasteiger partial charge on any atom is 0.417 e. The van der Waals surface area contributed by atoms with Crippen molar-refractivity contribution in [3.8, 4) is 0 Å². The van der Waals surface area contributed by atoms with Gasteiger partial charge in [-0.25, -0.2) is 0 Å². The zero-order valence-electron chi connectivity index (χ0n) is 10.6. The molecule has 20 heavy (non-hydrogen) atoms. The summed E-state index contributed by atoms with van der Waals surface area (Å²) >= 11 is 2.85. The van der Waals surface area contributed by atoms with E-state index in [1.54, 1.807) is 0 Å². The highest BCUT2D eigenvalue weighted by atomic mass is 79.9. The number of anilines is 1. The van der Waals surface area contributed by atoms with Crippen LogP contribution in [0.1, 0.15) is 31.2 Å². The highest BCUT2D eigenvalue weighted by molar-refractivity contribution is 9.10. The minimum atomic E-state index is -4.47. The summed E-state index contributed by atoms with van der Waals surface area (Å²) in [5.74, 6) is -0.359. The first-order valence-electron chi connectivity index (χ1n) is 6.15. The largest absolute Gasteiger partial charge is 0.417 e. The molecule has 110 valence electrons. The van der Waals surface area contributed by atoms with Crippen molar-refractivity contribution in [3.63, 3.8) is 0 Å². The molecule has 1 aliphatic carbocycles. The highest BCUT2D eigenvalue weighted by Crippen LogP contribution is 2.37. The van der Waals surface area contributed by atoms with Crippen molar-refractivity contribution in [1.82, 2.24) is 0 Å². The van der Waals surface area contributed by atoms with E-state index >= 15 is 0 Å². The Morgan fingerprint density at radius 1 is 1.40 bits per heavy atom. The molecular weight excluding hydrogens is 337 g/mol. The molecule has 0 heterocycles. The van der Waals surface area contributed by atoms with E-state index in [1.165, 1.54) is 12.1 Å². The molecule has 0 bridgehead atoms. The Balaban J connectivity index is 2.08. The molecule has 1 amide bonds. The Kier molecular flexibility index (Phi) is 4.11. The molecule has 0 saturated heterocycles. The van der Waals surface area contributed by atoms with Crippen molar-refractivity contribution in [3.05, 3.63) is 28.2 Å². The molecule has 7 heteroatoms. The number of hydrogen-bond acceptors (Lipinski definition) is 2. The fourth-order valence-electron chi connectivity index (χ4n) is 2.15. The number of rotatable bonds is 3. The topological polar surface area (TPSA) is 55.1 Å². The monoisotopic (exact) mass is 350 g/mol. The van der Waals surface area contributed by atoms with Crippen LogP contribution in [-0.4, -0.2) is 11.4 Å². The number of nitrogens with one attached hydrogen (secondary N) is 1. The maximum atomic E-state index is 12.7. The smallest absolute Gasteiger partial charge is 0.326 e. The summed E-state index contributed by atoms with van der Waals surface area (Å²) in [4.78, 5) is 11.8. The number of benzene rings is 1. The Morgan fingerprint density at radius 3 is 2.55 bits per heavy atom. The third-order valence-corrected chi connectivity index (χ3v) is 4.11. The van der Waals surface area contributed by atoms with E-state index in [0.29, 0.717) is 0 Å². The second-order valence-corrected chi connectivity index (χ2v) is 5.99. The molecule has 0 spiro atoms. The number of hydrogen-bond donors (Lipinski definition) is 2. The maximum absolute atomic E-state index is 12.7. The van der Waals surface area contributed by atoms with Gasteiger partial charge < -0.3 is 11.1 Å². The standard InChI is InChI=1S/C13H14BrF3N2O/c14-10-3-2-8(6-9(10)13(15,16)17)19-11(20)7-12(18)4-1-5-12/h2-3,6H,1,4-5,7,18H2,(H,19,20). The zero-order chi connectivity index (χ0) is 15.0. The van der Waals surface area contributed by atoms with Crippen molar-refractivity contribution in [1.29, 1.82) is 0 Å².